The third kappa shape index (κ3) is 2.45. The zero-order chi connectivity index (χ0) is 15.9. The van der Waals surface area contributed by atoms with E-state index in [1.165, 1.54) is 20.3 Å². The highest BCUT2D eigenvalue weighted by atomic mass is 32.2. The Kier molecular flexibility index (Phi) is 4.02. The largest absolute Gasteiger partial charge is 0.497 e. The Bertz CT molecular complexity index is 663. The van der Waals surface area contributed by atoms with Crippen molar-refractivity contribution in [1.29, 1.82) is 0 Å². The zero-order valence-electron chi connectivity index (χ0n) is 12.5. The van der Waals surface area contributed by atoms with E-state index in [1.54, 1.807) is 12.1 Å². The fourth-order valence-corrected chi connectivity index (χ4v) is 4.60. The third-order valence-electron chi connectivity index (χ3n) is 4.40. The molecule has 3 N–H and O–H groups in total. The molecule has 0 aromatic heterocycles. The third-order valence-corrected chi connectivity index (χ3v) is 5.88. The number of nitrogens with two attached hydrogens (primary N) is 1. The van der Waals surface area contributed by atoms with E-state index in [0.29, 0.717) is 12.4 Å². The maximum Gasteiger partial charge on any atom is 0.244 e. The lowest BCUT2D eigenvalue weighted by Gasteiger charge is -2.45. The van der Waals surface area contributed by atoms with E-state index in [0.717, 1.165) is 6.42 Å². The van der Waals surface area contributed by atoms with Crippen LogP contribution in [0.25, 0.3) is 0 Å². The average molecular weight is 328 g/mol. The Hall–Kier alpha value is -1.35. The predicted octanol–water partition coefficient (Wildman–Crippen LogP) is 0.0967. The van der Waals surface area contributed by atoms with Crippen LogP contribution in [0.15, 0.2) is 23.1 Å². The minimum Gasteiger partial charge on any atom is -0.497 e. The Morgan fingerprint density at radius 3 is 2.77 bits per heavy atom. The zero-order valence-corrected chi connectivity index (χ0v) is 13.3. The van der Waals surface area contributed by atoms with E-state index in [-0.39, 0.29) is 28.7 Å². The smallest absolute Gasteiger partial charge is 0.244 e. The lowest BCUT2D eigenvalue weighted by Crippen LogP contribution is -2.68. The quantitative estimate of drug-likeness (QED) is 0.795. The van der Waals surface area contributed by atoms with Gasteiger partial charge in [-0.2, -0.15) is 0 Å². The summed E-state index contributed by atoms with van der Waals surface area (Å²) >= 11 is 0. The molecule has 0 unspecified atom stereocenters. The van der Waals surface area contributed by atoms with Crippen LogP contribution in [0.3, 0.4) is 0 Å². The van der Waals surface area contributed by atoms with Crippen LogP contribution in [-0.2, 0) is 14.8 Å². The standard InChI is InChI=1S/C14H20N2O5S/c1-19-8-3-4-10(20-2)11(7-8)22(17,18)16-13-12(15)9-5-6-21-14(9)13/h3-4,7,9,12-14,16H,5-6,15H2,1-2H3/t9-,12+,13-,14-/m1/s1. The molecule has 4 atom stereocenters. The van der Waals surface area contributed by atoms with Crippen LogP contribution in [0.5, 0.6) is 11.5 Å². The van der Waals surface area contributed by atoms with Crippen molar-refractivity contribution in [3.05, 3.63) is 18.2 Å². The molecule has 3 rings (SSSR count). The SMILES string of the molecule is COc1ccc(OC)c(S(=O)(=O)N[C@@H]2[C@@H](N)[C@H]3CCO[C@H]32)c1. The van der Waals surface area contributed by atoms with E-state index in [2.05, 4.69) is 4.72 Å². The van der Waals surface area contributed by atoms with Crippen molar-refractivity contribution < 1.29 is 22.6 Å². The van der Waals surface area contributed by atoms with Crippen LogP contribution in [0, 0.1) is 5.92 Å². The van der Waals surface area contributed by atoms with E-state index >= 15 is 0 Å². The second-order valence-electron chi connectivity index (χ2n) is 5.53. The van der Waals surface area contributed by atoms with Gasteiger partial charge in [0.05, 0.1) is 26.4 Å². The average Bonchev–Trinajstić information content (AvgIpc) is 2.97. The number of rotatable bonds is 5. The van der Waals surface area contributed by atoms with E-state index in [1.807, 2.05) is 0 Å². The number of ether oxygens (including phenoxy) is 3. The first-order chi connectivity index (χ1) is 10.5. The summed E-state index contributed by atoms with van der Waals surface area (Å²) in [4.78, 5) is 0.0306. The molecule has 22 heavy (non-hydrogen) atoms. The maximum atomic E-state index is 12.7. The molecule has 0 spiro atoms. The topological polar surface area (TPSA) is 99.9 Å². The molecular formula is C14H20N2O5S. The van der Waals surface area contributed by atoms with Gasteiger partial charge in [-0.15, -0.1) is 0 Å². The first-order valence-electron chi connectivity index (χ1n) is 7.09. The Balaban J connectivity index is 1.87. The van der Waals surface area contributed by atoms with Gasteiger partial charge in [0.2, 0.25) is 10.0 Å². The van der Waals surface area contributed by atoms with Crippen LogP contribution < -0.4 is 19.9 Å². The fourth-order valence-electron chi connectivity index (χ4n) is 3.13. The van der Waals surface area contributed by atoms with Crippen molar-refractivity contribution in [2.24, 2.45) is 11.7 Å². The number of sulfonamides is 1. The molecule has 2 fully saturated rings. The molecule has 7 nitrogen and oxygen atoms in total. The van der Waals surface area contributed by atoms with Gasteiger partial charge in [0.25, 0.3) is 0 Å². The monoisotopic (exact) mass is 328 g/mol. The molecule has 0 bridgehead atoms. The number of hydrogen-bond donors (Lipinski definition) is 2. The summed E-state index contributed by atoms with van der Waals surface area (Å²) in [6.07, 6.45) is 0.744. The Morgan fingerprint density at radius 1 is 1.32 bits per heavy atom. The first kappa shape index (κ1) is 15.5. The molecule has 1 saturated carbocycles. The van der Waals surface area contributed by atoms with E-state index < -0.39 is 16.1 Å². The highest BCUT2D eigenvalue weighted by Gasteiger charge is 2.53. The van der Waals surface area contributed by atoms with Crippen LogP contribution in [0.2, 0.25) is 0 Å². The summed E-state index contributed by atoms with van der Waals surface area (Å²) in [5, 5.41) is 0. The highest BCUT2D eigenvalue weighted by Crippen LogP contribution is 2.39. The summed E-state index contributed by atoms with van der Waals surface area (Å²) < 4.78 is 43.7. The van der Waals surface area contributed by atoms with Gasteiger partial charge >= 0.3 is 0 Å². The fraction of sp³-hybridized carbons (Fsp3) is 0.571. The number of benzene rings is 1. The molecule has 122 valence electrons. The van der Waals surface area contributed by atoms with E-state index in [4.69, 9.17) is 19.9 Å². The molecular weight excluding hydrogens is 308 g/mol. The Labute approximate surface area is 129 Å². The van der Waals surface area contributed by atoms with Crippen molar-refractivity contribution in [3.63, 3.8) is 0 Å². The van der Waals surface area contributed by atoms with Gasteiger partial charge in [-0.05, 0) is 18.6 Å². The summed E-state index contributed by atoms with van der Waals surface area (Å²) in [7, 11) is -0.883. The molecule has 8 heteroatoms. The van der Waals surface area contributed by atoms with Crippen molar-refractivity contribution in [2.75, 3.05) is 20.8 Å². The minimum atomic E-state index is -3.78. The van der Waals surface area contributed by atoms with Gasteiger partial charge in [0.1, 0.15) is 16.4 Å². The molecule has 1 aromatic rings. The molecule has 1 saturated heterocycles. The van der Waals surface area contributed by atoms with Crippen LogP contribution >= 0.6 is 0 Å². The second kappa shape index (κ2) is 5.69. The van der Waals surface area contributed by atoms with Crippen molar-refractivity contribution in [2.45, 2.75) is 29.5 Å². The lowest BCUT2D eigenvalue weighted by molar-refractivity contribution is -0.00925. The van der Waals surface area contributed by atoms with Gasteiger partial charge in [-0.25, -0.2) is 13.1 Å². The van der Waals surface area contributed by atoms with Crippen molar-refractivity contribution in [1.82, 2.24) is 4.72 Å². The highest BCUT2D eigenvalue weighted by molar-refractivity contribution is 7.89. The molecule has 1 heterocycles. The minimum absolute atomic E-state index is 0.0306. The molecule has 0 amide bonds. The first-order valence-corrected chi connectivity index (χ1v) is 8.58. The van der Waals surface area contributed by atoms with Crippen LogP contribution in [0.1, 0.15) is 6.42 Å². The van der Waals surface area contributed by atoms with Crippen LogP contribution in [-0.4, -0.2) is 47.4 Å². The van der Waals surface area contributed by atoms with Crippen molar-refractivity contribution in [3.8, 4) is 11.5 Å². The molecule has 1 aliphatic heterocycles. The molecule has 0 radical (unpaired) electrons. The summed E-state index contributed by atoms with van der Waals surface area (Å²) in [6.45, 7) is 0.629. The van der Waals surface area contributed by atoms with E-state index in [9.17, 15) is 8.42 Å². The van der Waals surface area contributed by atoms with Gasteiger partial charge in [0.15, 0.2) is 0 Å². The Morgan fingerprint density at radius 2 is 2.09 bits per heavy atom. The summed E-state index contributed by atoms with van der Waals surface area (Å²) in [5.41, 5.74) is 6.06. The lowest BCUT2D eigenvalue weighted by atomic mass is 9.73. The normalized spacial score (nSPS) is 30.5. The van der Waals surface area contributed by atoms with Gasteiger partial charge < -0.3 is 19.9 Å². The van der Waals surface area contributed by atoms with Gasteiger partial charge in [-0.1, -0.05) is 0 Å². The molecule has 1 aromatic carbocycles. The number of methoxy groups -OCH3 is 2. The van der Waals surface area contributed by atoms with Crippen LogP contribution in [0.4, 0.5) is 0 Å². The maximum absolute atomic E-state index is 12.7. The predicted molar refractivity (Wildman–Crippen MR) is 79.5 cm³/mol. The molecule has 2 aliphatic rings. The number of nitrogens with one attached hydrogen (secondary N) is 1. The summed E-state index contributed by atoms with van der Waals surface area (Å²) in [6, 6.07) is 4.00. The van der Waals surface area contributed by atoms with Crippen molar-refractivity contribution >= 4 is 10.0 Å². The van der Waals surface area contributed by atoms with Gasteiger partial charge in [-0.3, -0.25) is 0 Å². The summed E-state index contributed by atoms with van der Waals surface area (Å²) in [5.74, 6) is 0.930. The number of fused-ring (bicyclic) bond motifs is 1. The second-order valence-corrected chi connectivity index (χ2v) is 7.21. The number of hydrogen-bond acceptors (Lipinski definition) is 6. The van der Waals surface area contributed by atoms with Gasteiger partial charge in [0, 0.05) is 24.6 Å². The molecule has 1 aliphatic carbocycles.